The molecular formula is C25H33N5O5. The number of amides is 2. The Hall–Kier alpha value is -3.14. The lowest BCUT2D eigenvalue weighted by molar-refractivity contribution is -0.125. The molecule has 5 rings (SSSR count). The molecule has 10 heteroatoms. The molecule has 0 aromatic carbocycles. The number of hydrogen-bond donors (Lipinski definition) is 2. The monoisotopic (exact) mass is 483 g/mol. The van der Waals surface area contributed by atoms with Crippen LogP contribution in [0.3, 0.4) is 0 Å². The number of carbonyl (C=O) groups excluding carboxylic acids is 2. The fourth-order valence-corrected chi connectivity index (χ4v) is 5.15. The van der Waals surface area contributed by atoms with Crippen LogP contribution >= 0.6 is 0 Å². The molecule has 0 radical (unpaired) electrons. The number of rotatable bonds is 6. The first-order chi connectivity index (χ1) is 16.8. The molecule has 4 heterocycles. The highest BCUT2D eigenvalue weighted by Gasteiger charge is 2.40. The van der Waals surface area contributed by atoms with Crippen LogP contribution in [-0.2, 0) is 16.1 Å². The maximum Gasteiger partial charge on any atom is 0.291 e. The third kappa shape index (κ3) is 4.59. The number of ether oxygens (including phenoxy) is 1. The van der Waals surface area contributed by atoms with Crippen molar-refractivity contribution in [3.8, 4) is 5.88 Å². The number of aromatic hydroxyl groups is 1. The Morgan fingerprint density at radius 1 is 1.29 bits per heavy atom. The van der Waals surface area contributed by atoms with E-state index in [1.54, 1.807) is 6.08 Å². The predicted molar refractivity (Wildman–Crippen MR) is 129 cm³/mol. The zero-order valence-corrected chi connectivity index (χ0v) is 20.3. The normalized spacial score (nSPS) is 19.9. The molecule has 3 aliphatic rings. The zero-order valence-electron chi connectivity index (χ0n) is 20.3. The summed E-state index contributed by atoms with van der Waals surface area (Å²) in [5.74, 6) is -0.930. The molecule has 2 aliphatic heterocycles. The van der Waals surface area contributed by atoms with Crippen LogP contribution in [0.5, 0.6) is 5.88 Å². The second kappa shape index (κ2) is 9.14. The largest absolute Gasteiger partial charge is 0.494 e. The van der Waals surface area contributed by atoms with E-state index in [4.69, 9.17) is 4.74 Å². The number of aromatic nitrogens is 3. The lowest BCUT2D eigenvalue weighted by Crippen LogP contribution is -2.35. The average molecular weight is 484 g/mol. The molecule has 1 aliphatic carbocycles. The van der Waals surface area contributed by atoms with Gasteiger partial charge in [0.1, 0.15) is 5.65 Å². The average Bonchev–Trinajstić information content (AvgIpc) is 3.38. The van der Waals surface area contributed by atoms with Gasteiger partial charge in [0.25, 0.3) is 11.5 Å². The van der Waals surface area contributed by atoms with E-state index in [2.05, 4.69) is 10.4 Å². The molecule has 2 aromatic rings. The summed E-state index contributed by atoms with van der Waals surface area (Å²) in [5.41, 5.74) is 0.0601. The fraction of sp³-hybridized carbons (Fsp3) is 0.600. The molecule has 3 fully saturated rings. The first kappa shape index (κ1) is 23.6. The maximum atomic E-state index is 13.1. The van der Waals surface area contributed by atoms with Gasteiger partial charge in [-0.2, -0.15) is 9.61 Å². The summed E-state index contributed by atoms with van der Waals surface area (Å²) in [6.07, 6.45) is 9.31. The second-order valence-corrected chi connectivity index (χ2v) is 10.5. The Morgan fingerprint density at radius 3 is 2.71 bits per heavy atom. The van der Waals surface area contributed by atoms with Gasteiger partial charge < -0.3 is 20.1 Å². The minimum Gasteiger partial charge on any atom is -0.494 e. The third-order valence-corrected chi connectivity index (χ3v) is 7.31. The molecule has 2 aromatic heterocycles. The van der Waals surface area contributed by atoms with Crippen molar-refractivity contribution in [2.45, 2.75) is 58.5 Å². The molecule has 0 atom stereocenters. The minimum atomic E-state index is -0.678. The van der Waals surface area contributed by atoms with Gasteiger partial charge >= 0.3 is 0 Å². The van der Waals surface area contributed by atoms with E-state index in [9.17, 15) is 19.5 Å². The van der Waals surface area contributed by atoms with Crippen molar-refractivity contribution in [1.29, 1.82) is 0 Å². The number of hydrogen-bond acceptors (Lipinski definition) is 6. The van der Waals surface area contributed by atoms with Gasteiger partial charge in [-0.25, -0.2) is 0 Å². The Kier molecular flexibility index (Phi) is 6.16. The molecule has 2 saturated heterocycles. The van der Waals surface area contributed by atoms with Gasteiger partial charge in [-0.1, -0.05) is 13.8 Å². The standard InChI is InChI=1S/C25H33N5O5/c1-16(2)14-29-22-17(3-6-19(31)28-10-7-25(15-28)8-11-35-12-9-25)13-26-30(22)24(34)20(23(29)33)21(32)27-18-4-5-18/h3,6,13,16,18,33H,4-5,7-12,14-15H2,1-2H3,(H,27,32). The Bertz CT molecular complexity index is 1230. The van der Waals surface area contributed by atoms with Crippen LogP contribution in [0.2, 0.25) is 0 Å². The van der Waals surface area contributed by atoms with Crippen LogP contribution in [0.1, 0.15) is 61.9 Å². The summed E-state index contributed by atoms with van der Waals surface area (Å²) >= 11 is 0. The smallest absolute Gasteiger partial charge is 0.291 e. The number of carbonyl (C=O) groups is 2. The number of likely N-dealkylation sites (tertiary alicyclic amines) is 1. The van der Waals surface area contributed by atoms with Gasteiger partial charge in [-0.3, -0.25) is 19.0 Å². The zero-order chi connectivity index (χ0) is 24.7. The fourth-order valence-electron chi connectivity index (χ4n) is 5.15. The first-order valence-corrected chi connectivity index (χ1v) is 12.5. The van der Waals surface area contributed by atoms with Gasteiger partial charge in [0.2, 0.25) is 11.8 Å². The summed E-state index contributed by atoms with van der Waals surface area (Å²) < 4.78 is 8.17. The van der Waals surface area contributed by atoms with Crippen molar-refractivity contribution in [2.24, 2.45) is 11.3 Å². The van der Waals surface area contributed by atoms with E-state index in [0.717, 1.165) is 62.9 Å². The quantitative estimate of drug-likeness (QED) is 0.605. The molecule has 0 bridgehead atoms. The van der Waals surface area contributed by atoms with Gasteiger partial charge in [-0.15, -0.1) is 0 Å². The molecule has 188 valence electrons. The molecule has 35 heavy (non-hydrogen) atoms. The van der Waals surface area contributed by atoms with Gasteiger partial charge in [0.15, 0.2) is 5.56 Å². The Labute approximate surface area is 203 Å². The molecule has 2 N–H and O–H groups in total. The van der Waals surface area contributed by atoms with E-state index in [1.165, 1.54) is 16.8 Å². The van der Waals surface area contributed by atoms with Crippen LogP contribution in [0.4, 0.5) is 0 Å². The Morgan fingerprint density at radius 2 is 2.03 bits per heavy atom. The van der Waals surface area contributed by atoms with E-state index in [-0.39, 0.29) is 34.7 Å². The predicted octanol–water partition coefficient (Wildman–Crippen LogP) is 1.79. The number of nitrogens with zero attached hydrogens (tertiary/aromatic N) is 4. The number of fused-ring (bicyclic) bond motifs is 1. The lowest BCUT2D eigenvalue weighted by Gasteiger charge is -2.32. The van der Waals surface area contributed by atoms with Crippen molar-refractivity contribution in [3.63, 3.8) is 0 Å². The van der Waals surface area contributed by atoms with Gasteiger partial charge in [0.05, 0.1) is 6.20 Å². The van der Waals surface area contributed by atoms with Crippen LogP contribution in [0, 0.1) is 11.3 Å². The topological polar surface area (TPSA) is 118 Å². The van der Waals surface area contributed by atoms with Crippen LogP contribution in [0.25, 0.3) is 11.7 Å². The highest BCUT2D eigenvalue weighted by Crippen LogP contribution is 2.39. The van der Waals surface area contributed by atoms with E-state index in [0.29, 0.717) is 17.8 Å². The van der Waals surface area contributed by atoms with Crippen LogP contribution in [0.15, 0.2) is 17.1 Å². The van der Waals surface area contributed by atoms with E-state index < -0.39 is 11.5 Å². The van der Waals surface area contributed by atoms with E-state index >= 15 is 0 Å². The summed E-state index contributed by atoms with van der Waals surface area (Å²) in [5, 5.41) is 18.0. The summed E-state index contributed by atoms with van der Waals surface area (Å²) in [6.45, 7) is 7.27. The minimum absolute atomic E-state index is 0.0449. The van der Waals surface area contributed by atoms with Crippen molar-refractivity contribution in [2.75, 3.05) is 26.3 Å². The van der Waals surface area contributed by atoms with Gasteiger partial charge in [-0.05, 0) is 49.5 Å². The summed E-state index contributed by atoms with van der Waals surface area (Å²) in [4.78, 5) is 40.7. The third-order valence-electron chi connectivity index (χ3n) is 7.31. The van der Waals surface area contributed by atoms with Crippen molar-refractivity contribution in [1.82, 2.24) is 24.4 Å². The molecule has 1 saturated carbocycles. The van der Waals surface area contributed by atoms with Crippen molar-refractivity contribution in [3.05, 3.63) is 33.8 Å². The molecule has 2 amide bonds. The molecule has 0 unspecified atom stereocenters. The van der Waals surface area contributed by atoms with Crippen LogP contribution in [-0.4, -0.2) is 68.3 Å². The highest BCUT2D eigenvalue weighted by molar-refractivity contribution is 5.97. The summed E-state index contributed by atoms with van der Waals surface area (Å²) in [7, 11) is 0. The maximum absolute atomic E-state index is 13.1. The SMILES string of the molecule is CC(C)Cn1c(O)c(C(=O)NC2CC2)c(=O)n2ncc(C=CC(=O)N3CCC4(CCOCC4)C3)c12. The van der Waals surface area contributed by atoms with E-state index in [1.807, 2.05) is 18.7 Å². The van der Waals surface area contributed by atoms with Crippen molar-refractivity contribution >= 4 is 23.5 Å². The van der Waals surface area contributed by atoms with Gasteiger partial charge in [0, 0.05) is 50.5 Å². The first-order valence-electron chi connectivity index (χ1n) is 12.5. The Balaban J connectivity index is 1.45. The van der Waals surface area contributed by atoms with Crippen LogP contribution < -0.4 is 10.9 Å². The molecule has 1 spiro atoms. The molecular weight excluding hydrogens is 450 g/mol. The highest BCUT2D eigenvalue weighted by atomic mass is 16.5. The van der Waals surface area contributed by atoms with Crippen molar-refractivity contribution < 1.29 is 19.4 Å². The second-order valence-electron chi connectivity index (χ2n) is 10.5. The number of nitrogens with one attached hydrogen (secondary N) is 1. The lowest BCUT2D eigenvalue weighted by atomic mass is 9.80. The summed E-state index contributed by atoms with van der Waals surface area (Å²) in [6, 6.07) is 0.0449. The molecule has 10 nitrogen and oxygen atoms in total.